The van der Waals surface area contributed by atoms with Gasteiger partial charge in [0.25, 0.3) is 0 Å². The third-order valence-electron chi connectivity index (χ3n) is 8.31. The molecule has 0 aliphatic heterocycles. The molecule has 0 amide bonds. The van der Waals surface area contributed by atoms with Crippen molar-refractivity contribution in [2.45, 2.75) is 46.2 Å². The Morgan fingerprint density at radius 3 is 2.07 bits per heavy atom. The molecule has 45 heavy (non-hydrogen) atoms. The van der Waals surface area contributed by atoms with Crippen molar-refractivity contribution < 1.29 is 20.1 Å². The van der Waals surface area contributed by atoms with E-state index < -0.39 is 7.92 Å². The molecule has 5 heteroatoms. The maximum atomic E-state index is 4.65. The first-order valence-electron chi connectivity index (χ1n) is 15.4. The molecule has 7 rings (SSSR count). The summed E-state index contributed by atoms with van der Waals surface area (Å²) in [6.45, 7) is 11.3. The van der Waals surface area contributed by atoms with Crippen molar-refractivity contribution in [3.63, 3.8) is 0 Å². The van der Waals surface area contributed by atoms with Crippen LogP contribution in [0.4, 0.5) is 0 Å². The van der Waals surface area contributed by atoms with Gasteiger partial charge in [-0.15, -0.1) is 29.7 Å². The minimum Gasteiger partial charge on any atom is -0.338 e. The van der Waals surface area contributed by atoms with Crippen LogP contribution in [0.25, 0.3) is 27.3 Å². The zero-order valence-corrected chi connectivity index (χ0v) is 30.0. The molecule has 0 bridgehead atoms. The summed E-state index contributed by atoms with van der Waals surface area (Å²) in [4.78, 5) is 9.25. The van der Waals surface area contributed by atoms with Crippen LogP contribution in [0.5, 0.6) is 0 Å². The molecule has 0 aliphatic carbocycles. The number of imidazole rings is 1. The number of aryl methyl sites for hydroxylation is 1. The Bertz CT molecular complexity index is 1960. The Morgan fingerprint density at radius 2 is 1.44 bits per heavy atom. The average molecular weight is 786 g/mol. The summed E-state index contributed by atoms with van der Waals surface area (Å²) in [5.74, 6) is 0.661. The van der Waals surface area contributed by atoms with E-state index in [4.69, 9.17) is 0 Å². The van der Waals surface area contributed by atoms with Gasteiger partial charge in [0, 0.05) is 43.7 Å². The second-order valence-corrected chi connectivity index (χ2v) is 15.6. The van der Waals surface area contributed by atoms with Gasteiger partial charge < -0.3 is 4.40 Å². The maximum Gasteiger partial charge on any atom is 0.123 e. The molecule has 3 nitrogen and oxygen atoms in total. The van der Waals surface area contributed by atoms with Crippen LogP contribution in [-0.2, 0) is 31.7 Å². The van der Waals surface area contributed by atoms with Gasteiger partial charge in [0.2, 0.25) is 0 Å². The molecule has 0 fully saturated rings. The summed E-state index contributed by atoms with van der Waals surface area (Å²) in [5.41, 5.74) is 5.94. The minimum absolute atomic E-state index is 0. The number of pyridine rings is 2. The molecule has 4 aromatic carbocycles. The number of aromatic nitrogens is 3. The summed E-state index contributed by atoms with van der Waals surface area (Å²) < 4.78 is 2.24. The van der Waals surface area contributed by atoms with Crippen molar-refractivity contribution in [2.75, 3.05) is 0 Å². The molecule has 7 aromatic rings. The van der Waals surface area contributed by atoms with E-state index in [9.17, 15) is 0 Å². The number of fused-ring (bicyclic) bond motifs is 6. The summed E-state index contributed by atoms with van der Waals surface area (Å²) in [6.07, 6.45) is 4.94. The fourth-order valence-electron chi connectivity index (χ4n) is 6.31. The monoisotopic (exact) mass is 786 g/mol. The van der Waals surface area contributed by atoms with Crippen LogP contribution in [0.1, 0.15) is 44.6 Å². The van der Waals surface area contributed by atoms with Gasteiger partial charge in [0.05, 0.1) is 29.9 Å². The van der Waals surface area contributed by atoms with Crippen LogP contribution >= 0.6 is 7.92 Å². The van der Waals surface area contributed by atoms with Crippen molar-refractivity contribution >= 4 is 45.9 Å². The quantitative estimate of drug-likeness (QED) is 0.0958. The van der Waals surface area contributed by atoms with Crippen LogP contribution in [-0.4, -0.2) is 14.4 Å². The molecule has 229 valence electrons. The van der Waals surface area contributed by atoms with Crippen LogP contribution in [0, 0.1) is 18.9 Å². The smallest absolute Gasteiger partial charge is 0.123 e. The molecule has 0 spiro atoms. The van der Waals surface area contributed by atoms with Crippen molar-refractivity contribution in [1.29, 1.82) is 0 Å². The maximum absolute atomic E-state index is 4.65. The average Bonchev–Trinajstić information content (AvgIpc) is 3.44. The number of rotatable bonds is 6. The standard InChI is InChI=1S/C20H19N2.C20H20NP.Ir/c1-13(2)10-15-8-9-19-18(11-15)16-6-4-5-7-17(16)20-21-12-14(3)22(19)20;1-20(2,19-15-9-10-16-21-19)22(17-11-5-3-6-12-17)18-13-7-4-8-14-18;/h4-6,8-9,11-13H,10H2,1-3H3;3-16H,1-2H3;/q-1;;/p+1. The zero-order valence-electron chi connectivity index (χ0n) is 26.6. The topological polar surface area (TPSA) is 30.2 Å². The second-order valence-electron chi connectivity index (χ2n) is 12.4. The molecular weight excluding hydrogens is 746 g/mol. The van der Waals surface area contributed by atoms with E-state index in [0.29, 0.717) is 5.92 Å². The van der Waals surface area contributed by atoms with Crippen molar-refractivity contribution in [3.05, 3.63) is 151 Å². The van der Waals surface area contributed by atoms with Crippen molar-refractivity contribution in [2.24, 2.45) is 5.92 Å². The normalized spacial score (nSPS) is 11.5. The Labute approximate surface area is 281 Å². The van der Waals surface area contributed by atoms with E-state index >= 15 is 0 Å². The van der Waals surface area contributed by atoms with Gasteiger partial charge in [-0.05, 0) is 86.5 Å². The van der Waals surface area contributed by atoms with E-state index in [1.54, 1.807) is 0 Å². The Hall–Kier alpha value is -3.68. The summed E-state index contributed by atoms with van der Waals surface area (Å²) >= 11 is 0. The summed E-state index contributed by atoms with van der Waals surface area (Å²) in [5, 5.41) is 6.49. The number of hydrogen-bond acceptors (Lipinski definition) is 2. The molecule has 1 radical (unpaired) electrons. The van der Waals surface area contributed by atoms with Crippen LogP contribution in [0.15, 0.2) is 128 Å². The van der Waals surface area contributed by atoms with Gasteiger partial charge in [-0.25, -0.2) is 0 Å². The zero-order chi connectivity index (χ0) is 30.7. The molecule has 3 heterocycles. The molecule has 3 aromatic heterocycles. The largest absolute Gasteiger partial charge is 0.338 e. The molecule has 0 atom stereocenters. The Morgan fingerprint density at radius 1 is 0.778 bits per heavy atom. The van der Waals surface area contributed by atoms with E-state index in [1.807, 2.05) is 24.5 Å². The van der Waals surface area contributed by atoms with Gasteiger partial charge in [0.1, 0.15) is 5.16 Å². The van der Waals surface area contributed by atoms with Crippen LogP contribution in [0.3, 0.4) is 0 Å². The minimum atomic E-state index is -0.991. The fourth-order valence-corrected chi connectivity index (χ4v) is 9.55. The molecule has 0 aliphatic rings. The van der Waals surface area contributed by atoms with Gasteiger partial charge in [0.15, 0.2) is 0 Å². The second kappa shape index (κ2) is 14.2. The Balaban J connectivity index is 0.000000174. The molecule has 0 saturated heterocycles. The number of nitrogens with zero attached hydrogens (tertiary/aromatic N) is 3. The first kappa shape index (κ1) is 32.7. The molecule has 0 unspecified atom stereocenters. The van der Waals surface area contributed by atoms with E-state index in [1.165, 1.54) is 32.5 Å². The van der Waals surface area contributed by atoms with Gasteiger partial charge in [-0.3, -0.25) is 9.97 Å². The van der Waals surface area contributed by atoms with Crippen LogP contribution in [0.2, 0.25) is 0 Å². The predicted octanol–water partition coefficient (Wildman–Crippen LogP) is 9.13. The molecule has 0 N–H and O–H groups in total. The summed E-state index contributed by atoms with van der Waals surface area (Å²) in [6, 6.07) is 44.4. The van der Waals surface area contributed by atoms with E-state index in [-0.39, 0.29) is 25.3 Å². The van der Waals surface area contributed by atoms with Gasteiger partial charge in [-0.1, -0.05) is 73.8 Å². The van der Waals surface area contributed by atoms with Crippen molar-refractivity contribution in [1.82, 2.24) is 14.4 Å². The SMILES string of the molecule is CC(C)(c1ccccn1)[PH+](c1ccccc1)c1ccccc1.Cc1cnc2c3[c-]cccc3c3cc(CC(C)C)ccc3n12.[Ir]. The fraction of sp³-hybridized carbons (Fsp3) is 0.200. The van der Waals surface area contributed by atoms with Gasteiger partial charge in [-0.2, -0.15) is 0 Å². The number of benzene rings is 4. The number of hydrogen-bond donors (Lipinski definition) is 0. The summed E-state index contributed by atoms with van der Waals surface area (Å²) in [7, 11) is -0.991. The van der Waals surface area contributed by atoms with Crippen molar-refractivity contribution in [3.8, 4) is 0 Å². The third-order valence-corrected chi connectivity index (χ3v) is 11.6. The Kier molecular flexibility index (Phi) is 10.3. The van der Waals surface area contributed by atoms with Crippen LogP contribution < -0.4 is 10.6 Å². The molecule has 0 saturated carbocycles. The van der Waals surface area contributed by atoms with Gasteiger partial charge >= 0.3 is 0 Å². The van der Waals surface area contributed by atoms with E-state index in [2.05, 4.69) is 158 Å². The van der Waals surface area contributed by atoms with E-state index in [0.717, 1.165) is 28.8 Å². The first-order valence-corrected chi connectivity index (χ1v) is 16.9. The first-order chi connectivity index (χ1) is 21.3. The third kappa shape index (κ3) is 6.80. The predicted molar refractivity (Wildman–Crippen MR) is 190 cm³/mol. The molecular formula is C40H40IrN3P.